The third-order valence-corrected chi connectivity index (χ3v) is 1.81. The maximum Gasteiger partial charge on any atom is 0.246 e. The van der Waals surface area contributed by atoms with Crippen LogP contribution in [-0.4, -0.2) is 30.0 Å². The highest BCUT2D eigenvalue weighted by molar-refractivity contribution is 6.20. The predicted molar refractivity (Wildman–Crippen MR) is 58.6 cm³/mol. The van der Waals surface area contributed by atoms with Crippen LogP contribution in [0, 0.1) is 0 Å². The molecule has 0 saturated heterocycles. The minimum atomic E-state index is -0.0801. The Bertz CT molecular complexity index is 172. The minimum Gasteiger partial charge on any atom is -0.369 e. The molecule has 14 heavy (non-hydrogen) atoms. The van der Waals surface area contributed by atoms with Crippen LogP contribution in [0.5, 0.6) is 0 Å². The van der Waals surface area contributed by atoms with Crippen molar-refractivity contribution in [2.75, 3.05) is 6.61 Å². The van der Waals surface area contributed by atoms with Gasteiger partial charge in [0.05, 0.1) is 6.10 Å². The fraction of sp³-hybridized carbons (Fsp3) is 0.900. The Morgan fingerprint density at radius 2 is 1.93 bits per heavy atom. The molecular weight excluding hydrogens is 202 g/mol. The molecule has 84 valence electrons. The fourth-order valence-corrected chi connectivity index (χ4v) is 1.37. The molecule has 0 aromatic carbocycles. The molecule has 0 radical (unpaired) electrons. The average Bonchev–Trinajstić information content (AvgIpc) is 1.98. The van der Waals surface area contributed by atoms with Crippen LogP contribution in [0.4, 0.5) is 0 Å². The van der Waals surface area contributed by atoms with E-state index in [0.717, 1.165) is 6.42 Å². The maximum atomic E-state index is 11.3. The van der Waals surface area contributed by atoms with Crippen LogP contribution in [0.15, 0.2) is 0 Å². The molecule has 0 aliphatic heterocycles. The molecule has 1 N–H and O–H groups in total. The van der Waals surface area contributed by atoms with Crippen LogP contribution < -0.4 is 5.32 Å². The van der Waals surface area contributed by atoms with Gasteiger partial charge in [-0.2, -0.15) is 0 Å². The zero-order valence-corrected chi connectivity index (χ0v) is 10.1. The fourth-order valence-electron chi connectivity index (χ4n) is 1.10. The second kappa shape index (κ2) is 7.07. The summed E-state index contributed by atoms with van der Waals surface area (Å²) < 4.78 is 5.16. The predicted octanol–water partition coefficient (Wildman–Crippen LogP) is 1.93. The summed E-state index contributed by atoms with van der Waals surface area (Å²) in [6.07, 6.45) is 0.859. The third kappa shape index (κ3) is 8.32. The van der Waals surface area contributed by atoms with Crippen LogP contribution in [0.1, 0.15) is 34.1 Å². The highest BCUT2D eigenvalue weighted by atomic mass is 35.5. The molecule has 0 aliphatic carbocycles. The Kier molecular flexibility index (Phi) is 6.93. The molecule has 0 saturated carbocycles. The van der Waals surface area contributed by atoms with Gasteiger partial charge in [-0.1, -0.05) is 0 Å². The van der Waals surface area contributed by atoms with Gasteiger partial charge in [-0.25, -0.2) is 0 Å². The van der Waals surface area contributed by atoms with Crippen molar-refractivity contribution in [1.82, 2.24) is 5.32 Å². The number of carbonyl (C=O) groups is 1. The average molecular weight is 222 g/mol. The lowest BCUT2D eigenvalue weighted by Crippen LogP contribution is -2.36. The highest BCUT2D eigenvalue weighted by Gasteiger charge is 2.10. The van der Waals surface area contributed by atoms with E-state index in [1.54, 1.807) is 0 Å². The van der Waals surface area contributed by atoms with E-state index < -0.39 is 0 Å². The standard InChI is InChI=1S/C10H20ClNO2/c1-7(2)14-6-10(13)12-9(4)5-8(3)11/h7-9H,5-6H2,1-4H3,(H,12,13). The van der Waals surface area contributed by atoms with Gasteiger partial charge >= 0.3 is 0 Å². The molecule has 0 rings (SSSR count). The summed E-state index contributed by atoms with van der Waals surface area (Å²) in [4.78, 5) is 11.3. The zero-order valence-electron chi connectivity index (χ0n) is 9.34. The molecule has 0 aromatic heterocycles. The van der Waals surface area contributed by atoms with Crippen molar-refractivity contribution < 1.29 is 9.53 Å². The Hall–Kier alpha value is -0.280. The summed E-state index contributed by atoms with van der Waals surface area (Å²) in [6, 6.07) is 0.103. The molecular formula is C10H20ClNO2. The number of rotatable bonds is 6. The van der Waals surface area contributed by atoms with E-state index in [2.05, 4.69) is 5.32 Å². The monoisotopic (exact) mass is 221 g/mol. The summed E-state index contributed by atoms with van der Waals surface area (Å²) in [7, 11) is 0. The number of nitrogens with one attached hydrogen (secondary N) is 1. The van der Waals surface area contributed by atoms with E-state index >= 15 is 0 Å². The van der Waals surface area contributed by atoms with Crippen LogP contribution in [-0.2, 0) is 9.53 Å². The molecule has 3 nitrogen and oxygen atoms in total. The first-order chi connectivity index (χ1) is 6.41. The molecule has 0 heterocycles. The summed E-state index contributed by atoms with van der Waals surface area (Å²) >= 11 is 5.80. The van der Waals surface area contributed by atoms with Crippen molar-refractivity contribution in [3.05, 3.63) is 0 Å². The molecule has 0 aromatic rings. The summed E-state index contributed by atoms with van der Waals surface area (Å²) in [5.74, 6) is -0.0801. The van der Waals surface area contributed by atoms with Gasteiger partial charge in [-0.3, -0.25) is 4.79 Å². The van der Waals surface area contributed by atoms with Gasteiger partial charge in [0.1, 0.15) is 6.61 Å². The Morgan fingerprint density at radius 3 is 2.36 bits per heavy atom. The van der Waals surface area contributed by atoms with Crippen molar-refractivity contribution in [2.45, 2.75) is 51.6 Å². The van der Waals surface area contributed by atoms with E-state index in [4.69, 9.17) is 16.3 Å². The van der Waals surface area contributed by atoms with Gasteiger partial charge in [0, 0.05) is 11.4 Å². The van der Waals surface area contributed by atoms with E-state index in [9.17, 15) is 4.79 Å². The van der Waals surface area contributed by atoms with Crippen molar-refractivity contribution in [1.29, 1.82) is 0 Å². The van der Waals surface area contributed by atoms with E-state index in [1.807, 2.05) is 27.7 Å². The molecule has 1 amide bonds. The van der Waals surface area contributed by atoms with Gasteiger partial charge in [0.15, 0.2) is 0 Å². The smallest absolute Gasteiger partial charge is 0.246 e. The lowest BCUT2D eigenvalue weighted by Gasteiger charge is -2.15. The third-order valence-electron chi connectivity index (χ3n) is 1.63. The lowest BCUT2D eigenvalue weighted by atomic mass is 10.2. The molecule has 4 heteroatoms. The number of alkyl halides is 1. The number of halogens is 1. The summed E-state index contributed by atoms with van der Waals surface area (Å²) in [5.41, 5.74) is 0. The quantitative estimate of drug-likeness (QED) is 0.697. The first-order valence-electron chi connectivity index (χ1n) is 4.96. The number of carbonyl (C=O) groups excluding carboxylic acids is 1. The molecule has 0 fully saturated rings. The number of ether oxygens (including phenoxy) is 1. The van der Waals surface area contributed by atoms with Crippen LogP contribution in [0.2, 0.25) is 0 Å². The van der Waals surface area contributed by atoms with Crippen LogP contribution in [0.3, 0.4) is 0 Å². The summed E-state index contributed by atoms with van der Waals surface area (Å²) in [5, 5.41) is 2.90. The normalized spacial score (nSPS) is 15.3. The highest BCUT2D eigenvalue weighted by Crippen LogP contribution is 2.03. The first kappa shape index (κ1) is 13.7. The van der Waals surface area contributed by atoms with Gasteiger partial charge in [-0.05, 0) is 34.1 Å². The maximum absolute atomic E-state index is 11.3. The van der Waals surface area contributed by atoms with Crippen molar-refractivity contribution in [2.24, 2.45) is 0 Å². The minimum absolute atomic E-state index is 0.0799. The van der Waals surface area contributed by atoms with Gasteiger partial charge in [0.2, 0.25) is 5.91 Å². The van der Waals surface area contributed by atoms with Crippen molar-refractivity contribution in [3.8, 4) is 0 Å². The first-order valence-corrected chi connectivity index (χ1v) is 5.40. The van der Waals surface area contributed by atoms with Crippen LogP contribution in [0.25, 0.3) is 0 Å². The van der Waals surface area contributed by atoms with Gasteiger partial charge in [-0.15, -0.1) is 11.6 Å². The summed E-state index contributed by atoms with van der Waals surface area (Å²) in [6.45, 7) is 7.77. The molecule has 0 bridgehead atoms. The molecule has 0 spiro atoms. The largest absolute Gasteiger partial charge is 0.369 e. The molecule has 2 unspecified atom stereocenters. The van der Waals surface area contributed by atoms with E-state index in [-0.39, 0.29) is 30.0 Å². The number of hydrogen-bond acceptors (Lipinski definition) is 2. The van der Waals surface area contributed by atoms with Crippen molar-refractivity contribution in [3.63, 3.8) is 0 Å². The van der Waals surface area contributed by atoms with Gasteiger partial charge < -0.3 is 10.1 Å². The SMILES string of the molecule is CC(Cl)CC(C)NC(=O)COC(C)C. The Labute approximate surface area is 91.2 Å². The van der Waals surface area contributed by atoms with E-state index in [1.165, 1.54) is 0 Å². The van der Waals surface area contributed by atoms with E-state index in [0.29, 0.717) is 0 Å². The Balaban J connectivity index is 3.60. The molecule has 0 aliphatic rings. The Morgan fingerprint density at radius 1 is 1.36 bits per heavy atom. The topological polar surface area (TPSA) is 38.3 Å². The van der Waals surface area contributed by atoms with Crippen LogP contribution >= 0.6 is 11.6 Å². The zero-order chi connectivity index (χ0) is 11.1. The second-order valence-corrected chi connectivity index (χ2v) is 4.59. The molecule has 2 atom stereocenters. The lowest BCUT2D eigenvalue weighted by molar-refractivity contribution is -0.127. The van der Waals surface area contributed by atoms with Gasteiger partial charge in [0.25, 0.3) is 0 Å². The second-order valence-electron chi connectivity index (χ2n) is 3.84. The number of hydrogen-bond donors (Lipinski definition) is 1. The van der Waals surface area contributed by atoms with Crippen molar-refractivity contribution >= 4 is 17.5 Å². The number of amides is 1.